The van der Waals surface area contributed by atoms with Gasteiger partial charge in [0.05, 0.1) is 0 Å². The number of hydrogen-bond acceptors (Lipinski definition) is 1. The minimum atomic E-state index is -6.67. The third kappa shape index (κ3) is 3.22. The van der Waals surface area contributed by atoms with Crippen LogP contribution in [0, 0.1) is 0 Å². The lowest BCUT2D eigenvalue weighted by molar-refractivity contribution is -0.347. The van der Waals surface area contributed by atoms with E-state index in [2.05, 4.69) is 0 Å². The van der Waals surface area contributed by atoms with Crippen molar-refractivity contribution in [3.05, 3.63) is 47.8 Å². The molecule has 0 aliphatic heterocycles. The fourth-order valence-electron chi connectivity index (χ4n) is 1.22. The molecule has 0 radical (unpaired) electrons. The van der Waals surface area contributed by atoms with E-state index in [9.17, 15) is 39.9 Å². The smallest absolute Gasteiger partial charge is 0.289 e. The fraction of sp³-hybridized carbons (Fsp3) is 0.250. The van der Waals surface area contributed by atoms with Gasteiger partial charge >= 0.3 is 18.0 Å². The standard InChI is InChI=1S/C12H6F8O/c13-9(6-8(21)7-4-2-1-3-5-7)10(14,15)11(16,17)12(18,19)20/h1-6H/b9-6-. The molecule has 0 N–H and O–H groups in total. The summed E-state index contributed by atoms with van der Waals surface area (Å²) in [6.45, 7) is 0. The first-order chi connectivity index (χ1) is 9.41. The topological polar surface area (TPSA) is 17.1 Å². The van der Waals surface area contributed by atoms with Gasteiger partial charge in [0, 0.05) is 11.6 Å². The molecule has 0 fully saturated rings. The van der Waals surface area contributed by atoms with E-state index in [1.54, 1.807) is 0 Å². The highest BCUT2D eigenvalue weighted by Crippen LogP contribution is 2.50. The van der Waals surface area contributed by atoms with Crippen LogP contribution in [0.2, 0.25) is 0 Å². The summed E-state index contributed by atoms with van der Waals surface area (Å²) in [6.07, 6.45) is -7.26. The third-order valence-electron chi connectivity index (χ3n) is 2.37. The van der Waals surface area contributed by atoms with Gasteiger partial charge in [0.2, 0.25) is 0 Å². The monoisotopic (exact) mass is 318 g/mol. The second-order valence-corrected chi connectivity index (χ2v) is 3.87. The number of carbonyl (C=O) groups excluding carboxylic acids is 1. The summed E-state index contributed by atoms with van der Waals surface area (Å²) in [7, 11) is 0. The number of rotatable bonds is 4. The molecular formula is C12H6F8O. The van der Waals surface area contributed by atoms with Gasteiger partial charge in [0.1, 0.15) is 0 Å². The van der Waals surface area contributed by atoms with E-state index < -0.39 is 35.7 Å². The highest BCUT2D eigenvalue weighted by Gasteiger charge is 2.75. The van der Waals surface area contributed by atoms with E-state index >= 15 is 0 Å². The zero-order valence-corrected chi connectivity index (χ0v) is 9.90. The van der Waals surface area contributed by atoms with Gasteiger partial charge < -0.3 is 0 Å². The molecule has 21 heavy (non-hydrogen) atoms. The number of allylic oxidation sites excluding steroid dienone is 2. The van der Waals surface area contributed by atoms with Crippen LogP contribution in [-0.4, -0.2) is 23.8 Å². The van der Waals surface area contributed by atoms with Crippen molar-refractivity contribution in [2.75, 3.05) is 0 Å². The Morgan fingerprint density at radius 1 is 0.905 bits per heavy atom. The van der Waals surface area contributed by atoms with Crippen molar-refractivity contribution in [3.8, 4) is 0 Å². The second kappa shape index (κ2) is 5.45. The highest BCUT2D eigenvalue weighted by molar-refractivity contribution is 6.04. The van der Waals surface area contributed by atoms with E-state index in [0.717, 1.165) is 12.1 Å². The summed E-state index contributed by atoms with van der Waals surface area (Å²) in [4.78, 5) is 11.3. The van der Waals surface area contributed by atoms with Crippen LogP contribution in [0.3, 0.4) is 0 Å². The molecule has 9 heteroatoms. The lowest BCUT2D eigenvalue weighted by Crippen LogP contribution is -2.52. The number of ketones is 1. The Labute approximate surface area is 112 Å². The number of hydrogen-bond donors (Lipinski definition) is 0. The fourth-order valence-corrected chi connectivity index (χ4v) is 1.22. The largest absolute Gasteiger partial charge is 0.460 e. The average molecular weight is 318 g/mol. The van der Waals surface area contributed by atoms with Gasteiger partial charge in [-0.15, -0.1) is 0 Å². The van der Waals surface area contributed by atoms with Crippen LogP contribution in [0.5, 0.6) is 0 Å². The van der Waals surface area contributed by atoms with Crippen LogP contribution >= 0.6 is 0 Å². The Morgan fingerprint density at radius 3 is 1.81 bits per heavy atom. The van der Waals surface area contributed by atoms with E-state index in [-0.39, 0.29) is 5.56 Å². The summed E-state index contributed by atoms with van der Waals surface area (Å²) in [5.41, 5.74) is -0.348. The normalized spacial score (nSPS) is 14.2. The molecule has 0 aliphatic carbocycles. The van der Waals surface area contributed by atoms with Crippen molar-refractivity contribution in [1.29, 1.82) is 0 Å². The minimum Gasteiger partial charge on any atom is -0.289 e. The van der Waals surface area contributed by atoms with Crippen molar-refractivity contribution in [1.82, 2.24) is 0 Å². The van der Waals surface area contributed by atoms with E-state index in [4.69, 9.17) is 0 Å². The van der Waals surface area contributed by atoms with Crippen LogP contribution in [0.1, 0.15) is 10.4 Å². The SMILES string of the molecule is O=C(/C=C(\F)C(F)(F)C(F)(F)C(F)(F)F)c1ccccc1. The predicted molar refractivity (Wildman–Crippen MR) is 55.9 cm³/mol. The van der Waals surface area contributed by atoms with Crippen LogP contribution < -0.4 is 0 Å². The molecule has 1 aromatic carbocycles. The van der Waals surface area contributed by atoms with Gasteiger partial charge in [-0.1, -0.05) is 30.3 Å². The molecule has 0 saturated heterocycles. The highest BCUT2D eigenvalue weighted by atomic mass is 19.4. The van der Waals surface area contributed by atoms with Crippen LogP contribution in [-0.2, 0) is 0 Å². The average Bonchev–Trinajstić information content (AvgIpc) is 2.38. The van der Waals surface area contributed by atoms with Gasteiger partial charge in [0.25, 0.3) is 0 Å². The zero-order chi connectivity index (χ0) is 16.5. The van der Waals surface area contributed by atoms with Gasteiger partial charge in [-0.05, 0) is 0 Å². The molecule has 1 rings (SSSR count). The summed E-state index contributed by atoms with van der Waals surface area (Å²) < 4.78 is 99.5. The van der Waals surface area contributed by atoms with Crippen LogP contribution in [0.25, 0.3) is 0 Å². The van der Waals surface area contributed by atoms with E-state index in [1.807, 2.05) is 0 Å². The molecule has 1 aromatic rings. The molecule has 0 atom stereocenters. The first kappa shape index (κ1) is 17.1. The lowest BCUT2D eigenvalue weighted by Gasteiger charge is -2.26. The Morgan fingerprint density at radius 2 is 1.38 bits per heavy atom. The molecule has 0 amide bonds. The van der Waals surface area contributed by atoms with Gasteiger partial charge in [-0.25, -0.2) is 4.39 Å². The molecule has 0 unspecified atom stereocenters. The second-order valence-electron chi connectivity index (χ2n) is 3.87. The molecule has 1 nitrogen and oxygen atoms in total. The van der Waals surface area contributed by atoms with Crippen LogP contribution in [0.15, 0.2) is 42.2 Å². The Kier molecular flexibility index (Phi) is 4.45. The Balaban J connectivity index is 3.14. The molecule has 0 spiro atoms. The molecule has 0 saturated carbocycles. The van der Waals surface area contributed by atoms with Gasteiger partial charge in [0.15, 0.2) is 11.6 Å². The Bertz CT molecular complexity index is 544. The number of halogens is 8. The van der Waals surface area contributed by atoms with Crippen molar-refractivity contribution in [2.45, 2.75) is 18.0 Å². The predicted octanol–water partition coefficient (Wildman–Crippen LogP) is 4.56. The first-order valence-corrected chi connectivity index (χ1v) is 5.20. The van der Waals surface area contributed by atoms with Crippen molar-refractivity contribution >= 4 is 5.78 Å². The summed E-state index contributed by atoms with van der Waals surface area (Å²) in [5.74, 6) is -17.5. The maximum Gasteiger partial charge on any atom is 0.460 e. The maximum absolute atomic E-state index is 13.1. The van der Waals surface area contributed by atoms with Crippen molar-refractivity contribution in [3.63, 3.8) is 0 Å². The van der Waals surface area contributed by atoms with E-state index in [1.165, 1.54) is 18.2 Å². The van der Waals surface area contributed by atoms with E-state index in [0.29, 0.717) is 0 Å². The van der Waals surface area contributed by atoms with Gasteiger partial charge in [-0.2, -0.15) is 30.7 Å². The summed E-state index contributed by atoms with van der Waals surface area (Å²) in [6, 6.07) is 6.05. The minimum absolute atomic E-state index is 0.348. The van der Waals surface area contributed by atoms with Crippen LogP contribution in [0.4, 0.5) is 35.1 Å². The van der Waals surface area contributed by atoms with Gasteiger partial charge in [-0.3, -0.25) is 4.79 Å². The quantitative estimate of drug-likeness (QED) is 0.452. The maximum atomic E-state index is 13.1. The molecule has 0 aromatic heterocycles. The summed E-state index contributed by atoms with van der Waals surface area (Å²) >= 11 is 0. The Hall–Kier alpha value is -1.93. The zero-order valence-electron chi connectivity index (χ0n) is 9.90. The number of benzene rings is 1. The molecule has 116 valence electrons. The molecular weight excluding hydrogens is 312 g/mol. The molecule has 0 aliphatic rings. The van der Waals surface area contributed by atoms with Crippen molar-refractivity contribution in [2.24, 2.45) is 0 Å². The first-order valence-electron chi connectivity index (χ1n) is 5.20. The number of carbonyl (C=O) groups is 1. The number of alkyl halides is 7. The summed E-state index contributed by atoms with van der Waals surface area (Å²) in [5, 5.41) is 0. The third-order valence-corrected chi connectivity index (χ3v) is 2.37. The molecule has 0 heterocycles. The lowest BCUT2D eigenvalue weighted by atomic mass is 10.1. The molecule has 0 bridgehead atoms. The van der Waals surface area contributed by atoms with Crippen molar-refractivity contribution < 1.29 is 39.9 Å².